The molecule has 1 atom stereocenters. The van der Waals surface area contributed by atoms with Gasteiger partial charge in [-0.3, -0.25) is 9.69 Å². The summed E-state index contributed by atoms with van der Waals surface area (Å²) in [7, 11) is 0. The Kier molecular flexibility index (Phi) is 4.03. The van der Waals surface area contributed by atoms with Crippen LogP contribution in [0.3, 0.4) is 0 Å². The van der Waals surface area contributed by atoms with Crippen molar-refractivity contribution in [2.45, 2.75) is 31.8 Å². The molecule has 0 aliphatic carbocycles. The summed E-state index contributed by atoms with van der Waals surface area (Å²) in [5, 5.41) is 3.39. The monoisotopic (exact) mass is 273 g/mol. The normalized spacial score (nSPS) is 24.3. The van der Waals surface area contributed by atoms with Gasteiger partial charge in [0.2, 0.25) is 5.91 Å². The minimum absolute atomic E-state index is 0.139. The Bertz CT molecular complexity index is 482. The molecule has 3 N–H and O–H groups in total. The summed E-state index contributed by atoms with van der Waals surface area (Å²) in [6, 6.07) is 8.26. The number of piperidine rings is 1. The molecular formula is C16H23N3O. The molecule has 0 spiro atoms. The zero-order valence-electron chi connectivity index (χ0n) is 11.8. The van der Waals surface area contributed by atoms with E-state index in [1.54, 1.807) is 0 Å². The number of fused-ring (bicyclic) bond motifs is 1. The van der Waals surface area contributed by atoms with Gasteiger partial charge < -0.3 is 11.1 Å². The van der Waals surface area contributed by atoms with Gasteiger partial charge in [-0.25, -0.2) is 0 Å². The molecule has 1 aromatic carbocycles. The fourth-order valence-electron chi connectivity index (χ4n) is 3.45. The maximum atomic E-state index is 11.8. The molecule has 108 valence electrons. The van der Waals surface area contributed by atoms with Gasteiger partial charge in [0.05, 0.1) is 6.04 Å². The predicted octanol–water partition coefficient (Wildman–Crippen LogP) is 0.898. The van der Waals surface area contributed by atoms with Crippen LogP contribution in [0.25, 0.3) is 0 Å². The molecule has 1 unspecified atom stereocenters. The highest BCUT2D eigenvalue weighted by Crippen LogP contribution is 2.25. The van der Waals surface area contributed by atoms with Crippen LogP contribution in [-0.4, -0.2) is 36.5 Å². The van der Waals surface area contributed by atoms with E-state index in [0.717, 1.165) is 32.6 Å². The lowest BCUT2D eigenvalue weighted by molar-refractivity contribution is -0.124. The van der Waals surface area contributed by atoms with Crippen molar-refractivity contribution in [3.63, 3.8) is 0 Å². The van der Waals surface area contributed by atoms with Crippen LogP contribution in [0.4, 0.5) is 0 Å². The van der Waals surface area contributed by atoms with Crippen LogP contribution in [0, 0.1) is 5.92 Å². The fourth-order valence-corrected chi connectivity index (χ4v) is 3.45. The standard InChI is InChI=1S/C16H23N3O/c17-16(20)15-9-13-3-1-2-4-14(13)11-19(15)10-12-5-7-18-8-6-12/h1-4,12,15,18H,5-11H2,(H2,17,20). The number of nitrogens with two attached hydrogens (primary N) is 1. The Morgan fingerprint density at radius 2 is 1.95 bits per heavy atom. The number of amides is 1. The molecule has 1 fully saturated rings. The van der Waals surface area contributed by atoms with Crippen molar-refractivity contribution >= 4 is 5.91 Å². The topological polar surface area (TPSA) is 58.4 Å². The van der Waals surface area contributed by atoms with Crippen LogP contribution in [0.1, 0.15) is 24.0 Å². The first-order valence-electron chi connectivity index (χ1n) is 7.55. The first-order valence-corrected chi connectivity index (χ1v) is 7.55. The fraction of sp³-hybridized carbons (Fsp3) is 0.562. The lowest BCUT2D eigenvalue weighted by Gasteiger charge is -2.38. The smallest absolute Gasteiger partial charge is 0.235 e. The van der Waals surface area contributed by atoms with Crippen molar-refractivity contribution in [2.75, 3.05) is 19.6 Å². The van der Waals surface area contributed by atoms with Crippen LogP contribution >= 0.6 is 0 Å². The van der Waals surface area contributed by atoms with E-state index >= 15 is 0 Å². The van der Waals surface area contributed by atoms with E-state index in [-0.39, 0.29) is 11.9 Å². The molecule has 20 heavy (non-hydrogen) atoms. The van der Waals surface area contributed by atoms with Gasteiger partial charge in [-0.15, -0.1) is 0 Å². The predicted molar refractivity (Wildman–Crippen MR) is 79.1 cm³/mol. The number of primary amides is 1. The maximum absolute atomic E-state index is 11.8. The largest absolute Gasteiger partial charge is 0.368 e. The van der Waals surface area contributed by atoms with Crippen LogP contribution in [-0.2, 0) is 17.8 Å². The summed E-state index contributed by atoms with van der Waals surface area (Å²) in [5.74, 6) is 0.497. The summed E-state index contributed by atoms with van der Waals surface area (Å²) in [6.07, 6.45) is 3.16. The molecule has 1 aromatic rings. The number of rotatable bonds is 3. The van der Waals surface area contributed by atoms with E-state index in [4.69, 9.17) is 5.73 Å². The average Bonchev–Trinajstić information content (AvgIpc) is 2.47. The number of carbonyl (C=O) groups is 1. The third-order valence-corrected chi connectivity index (χ3v) is 4.63. The maximum Gasteiger partial charge on any atom is 0.235 e. The second-order valence-electron chi connectivity index (χ2n) is 6.01. The zero-order chi connectivity index (χ0) is 13.9. The van der Waals surface area contributed by atoms with Gasteiger partial charge in [-0.05, 0) is 49.4 Å². The third-order valence-electron chi connectivity index (χ3n) is 4.63. The second kappa shape index (κ2) is 5.94. The molecular weight excluding hydrogens is 250 g/mol. The molecule has 2 heterocycles. The van der Waals surface area contributed by atoms with Crippen LogP contribution in [0.15, 0.2) is 24.3 Å². The number of carbonyl (C=O) groups excluding carboxylic acids is 1. The van der Waals surface area contributed by atoms with E-state index in [2.05, 4.69) is 28.4 Å². The molecule has 3 rings (SSSR count). The van der Waals surface area contributed by atoms with Crippen molar-refractivity contribution in [3.8, 4) is 0 Å². The number of nitrogens with one attached hydrogen (secondary N) is 1. The van der Waals surface area contributed by atoms with Gasteiger partial charge in [0.15, 0.2) is 0 Å². The van der Waals surface area contributed by atoms with E-state index in [0.29, 0.717) is 5.92 Å². The Morgan fingerprint density at radius 3 is 2.65 bits per heavy atom. The summed E-state index contributed by atoms with van der Waals surface area (Å²) >= 11 is 0. The van der Waals surface area contributed by atoms with Gasteiger partial charge >= 0.3 is 0 Å². The van der Waals surface area contributed by atoms with Crippen molar-refractivity contribution in [1.29, 1.82) is 0 Å². The SMILES string of the molecule is NC(=O)C1Cc2ccccc2CN1CC1CCNCC1. The van der Waals surface area contributed by atoms with Gasteiger partial charge in [0, 0.05) is 13.1 Å². The molecule has 0 bridgehead atoms. The van der Waals surface area contributed by atoms with Crippen molar-refractivity contribution in [1.82, 2.24) is 10.2 Å². The highest BCUT2D eigenvalue weighted by molar-refractivity contribution is 5.80. The first-order chi connectivity index (χ1) is 9.74. The van der Waals surface area contributed by atoms with E-state index in [1.165, 1.54) is 24.0 Å². The highest BCUT2D eigenvalue weighted by atomic mass is 16.1. The lowest BCUT2D eigenvalue weighted by atomic mass is 9.90. The summed E-state index contributed by atoms with van der Waals surface area (Å²) in [5.41, 5.74) is 8.25. The average molecular weight is 273 g/mol. The van der Waals surface area contributed by atoms with Crippen molar-refractivity contribution < 1.29 is 4.79 Å². The molecule has 2 aliphatic rings. The Hall–Kier alpha value is -1.39. The van der Waals surface area contributed by atoms with Crippen LogP contribution < -0.4 is 11.1 Å². The Balaban J connectivity index is 1.75. The molecule has 4 nitrogen and oxygen atoms in total. The van der Waals surface area contributed by atoms with Crippen LogP contribution in [0.2, 0.25) is 0 Å². The Labute approximate surface area is 120 Å². The lowest BCUT2D eigenvalue weighted by Crippen LogP contribution is -2.50. The summed E-state index contributed by atoms with van der Waals surface area (Å²) in [4.78, 5) is 14.1. The molecule has 2 aliphatic heterocycles. The highest BCUT2D eigenvalue weighted by Gasteiger charge is 2.31. The zero-order valence-corrected chi connectivity index (χ0v) is 11.8. The minimum Gasteiger partial charge on any atom is -0.368 e. The summed E-state index contributed by atoms with van der Waals surface area (Å²) in [6.45, 7) is 4.03. The van der Waals surface area contributed by atoms with E-state index in [9.17, 15) is 4.79 Å². The molecule has 0 saturated carbocycles. The Morgan fingerprint density at radius 1 is 1.25 bits per heavy atom. The molecule has 1 saturated heterocycles. The number of hydrogen-bond acceptors (Lipinski definition) is 3. The van der Waals surface area contributed by atoms with Gasteiger partial charge in [0.1, 0.15) is 0 Å². The quantitative estimate of drug-likeness (QED) is 0.860. The molecule has 1 amide bonds. The van der Waals surface area contributed by atoms with E-state index < -0.39 is 0 Å². The van der Waals surface area contributed by atoms with Crippen molar-refractivity contribution in [2.24, 2.45) is 11.7 Å². The summed E-state index contributed by atoms with van der Waals surface area (Å²) < 4.78 is 0. The van der Waals surface area contributed by atoms with Crippen LogP contribution in [0.5, 0.6) is 0 Å². The molecule has 0 radical (unpaired) electrons. The van der Waals surface area contributed by atoms with Gasteiger partial charge in [0.25, 0.3) is 0 Å². The number of hydrogen-bond donors (Lipinski definition) is 2. The van der Waals surface area contributed by atoms with Gasteiger partial charge in [-0.2, -0.15) is 0 Å². The third kappa shape index (κ3) is 2.86. The number of nitrogens with zero attached hydrogens (tertiary/aromatic N) is 1. The first kappa shape index (κ1) is 13.6. The van der Waals surface area contributed by atoms with Crippen molar-refractivity contribution in [3.05, 3.63) is 35.4 Å². The van der Waals surface area contributed by atoms with E-state index in [1.807, 2.05) is 6.07 Å². The molecule has 0 aromatic heterocycles. The molecule has 4 heteroatoms. The van der Waals surface area contributed by atoms with Gasteiger partial charge in [-0.1, -0.05) is 24.3 Å². The minimum atomic E-state index is -0.187. The second-order valence-corrected chi connectivity index (χ2v) is 6.01. The number of benzene rings is 1.